The van der Waals surface area contributed by atoms with E-state index in [1.807, 2.05) is 38.1 Å². The highest BCUT2D eigenvalue weighted by Gasteiger charge is 2.16. The summed E-state index contributed by atoms with van der Waals surface area (Å²) >= 11 is 0. The number of hydrogen-bond acceptors (Lipinski definition) is 2. The summed E-state index contributed by atoms with van der Waals surface area (Å²) in [5.74, 6) is 0.599. The fraction of sp³-hybridized carbons (Fsp3) is 0.250. The molecular formula is C12H13NO2. The molecule has 1 N–H and O–H groups in total. The van der Waals surface area contributed by atoms with Gasteiger partial charge in [0.1, 0.15) is 11.3 Å². The van der Waals surface area contributed by atoms with Gasteiger partial charge in [-0.05, 0) is 19.9 Å². The topological polar surface area (TPSA) is 42.2 Å². The van der Waals surface area contributed by atoms with E-state index in [0.29, 0.717) is 17.9 Å². The molecule has 2 rings (SSSR count). The van der Waals surface area contributed by atoms with Crippen molar-refractivity contribution in [1.29, 1.82) is 0 Å². The Morgan fingerprint density at radius 3 is 2.87 bits per heavy atom. The molecule has 15 heavy (non-hydrogen) atoms. The van der Waals surface area contributed by atoms with Crippen LogP contribution in [0.25, 0.3) is 11.0 Å². The summed E-state index contributed by atoms with van der Waals surface area (Å²) in [6.45, 7) is 4.33. The summed E-state index contributed by atoms with van der Waals surface area (Å²) < 4.78 is 5.51. The summed E-state index contributed by atoms with van der Waals surface area (Å²) in [4.78, 5) is 11.8. The Morgan fingerprint density at radius 1 is 1.40 bits per heavy atom. The van der Waals surface area contributed by atoms with E-state index in [1.54, 1.807) is 0 Å². The third-order valence-corrected chi connectivity index (χ3v) is 2.34. The first-order valence-electron chi connectivity index (χ1n) is 5.00. The van der Waals surface area contributed by atoms with Gasteiger partial charge in [-0.2, -0.15) is 0 Å². The third-order valence-electron chi connectivity index (χ3n) is 2.34. The Hall–Kier alpha value is -1.77. The van der Waals surface area contributed by atoms with Crippen molar-refractivity contribution in [2.45, 2.75) is 13.8 Å². The second-order valence-corrected chi connectivity index (χ2v) is 3.39. The molecule has 0 bridgehead atoms. The second-order valence-electron chi connectivity index (χ2n) is 3.39. The van der Waals surface area contributed by atoms with Crippen LogP contribution in [0.2, 0.25) is 0 Å². The predicted molar refractivity (Wildman–Crippen MR) is 59.0 cm³/mol. The molecular weight excluding hydrogens is 190 g/mol. The molecule has 0 saturated heterocycles. The largest absolute Gasteiger partial charge is 0.461 e. The van der Waals surface area contributed by atoms with Crippen LogP contribution in [0.1, 0.15) is 23.0 Å². The summed E-state index contributed by atoms with van der Waals surface area (Å²) in [6, 6.07) is 7.56. The van der Waals surface area contributed by atoms with E-state index < -0.39 is 0 Å². The quantitative estimate of drug-likeness (QED) is 0.814. The molecule has 0 atom stereocenters. The summed E-state index contributed by atoms with van der Waals surface area (Å²) in [5.41, 5.74) is 1.41. The molecule has 0 aliphatic carbocycles. The Labute approximate surface area is 88.1 Å². The fourth-order valence-electron chi connectivity index (χ4n) is 1.70. The highest BCUT2D eigenvalue weighted by Crippen LogP contribution is 2.24. The van der Waals surface area contributed by atoms with Crippen LogP contribution >= 0.6 is 0 Å². The van der Waals surface area contributed by atoms with Crippen LogP contribution in [0.4, 0.5) is 0 Å². The van der Waals surface area contributed by atoms with Crippen molar-refractivity contribution in [3.63, 3.8) is 0 Å². The number of nitrogens with one attached hydrogen (secondary N) is 1. The average Bonchev–Trinajstić information content (AvgIpc) is 2.54. The number of carbonyl (C=O) groups is 1. The Balaban J connectivity index is 2.58. The van der Waals surface area contributed by atoms with Crippen LogP contribution in [0.3, 0.4) is 0 Å². The van der Waals surface area contributed by atoms with Gasteiger partial charge in [0.05, 0.1) is 5.56 Å². The van der Waals surface area contributed by atoms with Gasteiger partial charge in [-0.15, -0.1) is 0 Å². The number of fused-ring (bicyclic) bond motifs is 1. The number of hydrogen-bond donors (Lipinski definition) is 1. The van der Waals surface area contributed by atoms with Crippen LogP contribution in [0.5, 0.6) is 0 Å². The molecule has 1 aromatic carbocycles. The molecule has 0 aliphatic rings. The number of furan rings is 1. The number of benzene rings is 1. The molecule has 3 heteroatoms. The van der Waals surface area contributed by atoms with Crippen molar-refractivity contribution in [1.82, 2.24) is 5.32 Å². The molecule has 0 radical (unpaired) electrons. The lowest BCUT2D eigenvalue weighted by Gasteiger charge is -2.00. The second kappa shape index (κ2) is 3.77. The minimum atomic E-state index is -0.0695. The Morgan fingerprint density at radius 2 is 2.13 bits per heavy atom. The maximum atomic E-state index is 11.8. The molecule has 78 valence electrons. The van der Waals surface area contributed by atoms with Crippen LogP contribution in [-0.4, -0.2) is 12.5 Å². The minimum Gasteiger partial charge on any atom is -0.461 e. The highest BCUT2D eigenvalue weighted by molar-refractivity contribution is 6.07. The maximum Gasteiger partial charge on any atom is 0.255 e. The normalized spacial score (nSPS) is 10.5. The fourth-order valence-corrected chi connectivity index (χ4v) is 1.70. The van der Waals surface area contributed by atoms with E-state index in [1.165, 1.54) is 0 Å². The molecule has 0 aliphatic heterocycles. The lowest BCUT2D eigenvalue weighted by Crippen LogP contribution is -2.22. The average molecular weight is 203 g/mol. The predicted octanol–water partition coefficient (Wildman–Crippen LogP) is 2.49. The smallest absolute Gasteiger partial charge is 0.255 e. The SMILES string of the molecule is CCNC(=O)c1c(C)oc2ccccc12. The number of amides is 1. The van der Waals surface area contributed by atoms with Crippen LogP contribution in [-0.2, 0) is 0 Å². The molecule has 0 spiro atoms. The first-order chi connectivity index (χ1) is 7.24. The zero-order valence-electron chi connectivity index (χ0n) is 8.83. The lowest BCUT2D eigenvalue weighted by atomic mass is 10.1. The van der Waals surface area contributed by atoms with E-state index in [0.717, 1.165) is 11.0 Å². The molecule has 1 aromatic heterocycles. The zero-order chi connectivity index (χ0) is 10.8. The summed E-state index contributed by atoms with van der Waals surface area (Å²) in [6.07, 6.45) is 0. The molecule has 0 fully saturated rings. The van der Waals surface area contributed by atoms with E-state index >= 15 is 0 Å². The van der Waals surface area contributed by atoms with Gasteiger partial charge in [0.25, 0.3) is 5.91 Å². The standard InChI is InChI=1S/C12H13NO2/c1-3-13-12(14)11-8(2)15-10-7-5-4-6-9(10)11/h4-7H,3H2,1-2H3,(H,13,14). The van der Waals surface area contributed by atoms with E-state index in [-0.39, 0.29) is 5.91 Å². The molecule has 0 saturated carbocycles. The maximum absolute atomic E-state index is 11.8. The number of carbonyl (C=O) groups excluding carboxylic acids is 1. The van der Waals surface area contributed by atoms with Crippen molar-refractivity contribution < 1.29 is 9.21 Å². The van der Waals surface area contributed by atoms with Gasteiger partial charge in [-0.25, -0.2) is 0 Å². The van der Waals surface area contributed by atoms with E-state index in [2.05, 4.69) is 5.32 Å². The molecule has 0 unspecified atom stereocenters. The first-order valence-corrected chi connectivity index (χ1v) is 5.00. The Bertz CT molecular complexity index is 499. The number of para-hydroxylation sites is 1. The molecule has 3 nitrogen and oxygen atoms in total. The Kier molecular flexibility index (Phi) is 2.46. The van der Waals surface area contributed by atoms with Crippen molar-refractivity contribution in [3.8, 4) is 0 Å². The molecule has 1 heterocycles. The van der Waals surface area contributed by atoms with E-state index in [9.17, 15) is 4.79 Å². The minimum absolute atomic E-state index is 0.0695. The van der Waals surface area contributed by atoms with Crippen molar-refractivity contribution >= 4 is 16.9 Å². The lowest BCUT2D eigenvalue weighted by molar-refractivity contribution is 0.0956. The van der Waals surface area contributed by atoms with Crippen LogP contribution in [0, 0.1) is 6.92 Å². The van der Waals surface area contributed by atoms with Crippen molar-refractivity contribution in [2.75, 3.05) is 6.54 Å². The molecule has 1 amide bonds. The summed E-state index contributed by atoms with van der Waals surface area (Å²) in [7, 11) is 0. The van der Waals surface area contributed by atoms with Gasteiger partial charge in [0.2, 0.25) is 0 Å². The van der Waals surface area contributed by atoms with Crippen molar-refractivity contribution in [3.05, 3.63) is 35.6 Å². The van der Waals surface area contributed by atoms with E-state index in [4.69, 9.17) is 4.42 Å². The van der Waals surface area contributed by atoms with Gasteiger partial charge in [0.15, 0.2) is 0 Å². The van der Waals surface area contributed by atoms with Crippen LogP contribution in [0.15, 0.2) is 28.7 Å². The first kappa shape index (κ1) is 9.77. The van der Waals surface area contributed by atoms with Gasteiger partial charge in [-0.3, -0.25) is 4.79 Å². The third kappa shape index (κ3) is 1.61. The monoisotopic (exact) mass is 203 g/mol. The number of aryl methyl sites for hydroxylation is 1. The molecule has 2 aromatic rings. The zero-order valence-corrected chi connectivity index (χ0v) is 8.83. The summed E-state index contributed by atoms with van der Waals surface area (Å²) in [5, 5.41) is 3.66. The number of rotatable bonds is 2. The van der Waals surface area contributed by atoms with Gasteiger partial charge in [0, 0.05) is 11.9 Å². The van der Waals surface area contributed by atoms with Gasteiger partial charge < -0.3 is 9.73 Å². The highest BCUT2D eigenvalue weighted by atomic mass is 16.3. The van der Waals surface area contributed by atoms with Gasteiger partial charge >= 0.3 is 0 Å². The van der Waals surface area contributed by atoms with Crippen LogP contribution < -0.4 is 5.32 Å². The van der Waals surface area contributed by atoms with Crippen molar-refractivity contribution in [2.24, 2.45) is 0 Å². The van der Waals surface area contributed by atoms with Gasteiger partial charge in [-0.1, -0.05) is 18.2 Å².